The van der Waals surface area contributed by atoms with Gasteiger partial charge in [-0.3, -0.25) is 14.8 Å². The first kappa shape index (κ1) is 15.6. The third-order valence-electron chi connectivity index (χ3n) is 5.77. The van der Waals surface area contributed by atoms with Crippen LogP contribution in [-0.4, -0.2) is 46.4 Å². The van der Waals surface area contributed by atoms with E-state index in [9.17, 15) is 4.79 Å². The Labute approximate surface area is 152 Å². The summed E-state index contributed by atoms with van der Waals surface area (Å²) in [6.07, 6.45) is 5.72. The van der Waals surface area contributed by atoms with Gasteiger partial charge in [0.15, 0.2) is 11.7 Å². The molecule has 1 aromatic carbocycles. The number of benzene rings is 1. The molecule has 2 amide bonds. The third-order valence-corrected chi connectivity index (χ3v) is 5.77. The highest BCUT2D eigenvalue weighted by Crippen LogP contribution is 2.37. The van der Waals surface area contributed by atoms with Crippen molar-refractivity contribution < 1.29 is 4.79 Å². The number of fused-ring (bicyclic) bond motifs is 3. The Morgan fingerprint density at radius 3 is 2.73 bits per heavy atom. The molecular weight excluding hydrogens is 326 g/mol. The Kier molecular flexibility index (Phi) is 3.58. The summed E-state index contributed by atoms with van der Waals surface area (Å²) in [5.41, 5.74) is 2.16. The van der Waals surface area contributed by atoms with Crippen LogP contribution >= 0.6 is 0 Å². The number of amides is 2. The largest absolute Gasteiger partial charge is 0.337 e. The van der Waals surface area contributed by atoms with Crippen molar-refractivity contribution >= 4 is 17.7 Å². The van der Waals surface area contributed by atoms with Gasteiger partial charge in [0.2, 0.25) is 0 Å². The number of aromatic nitrogens is 2. The van der Waals surface area contributed by atoms with Gasteiger partial charge in [0, 0.05) is 13.0 Å². The number of aromatic amines is 1. The van der Waals surface area contributed by atoms with E-state index in [2.05, 4.69) is 17.1 Å². The van der Waals surface area contributed by atoms with Crippen LogP contribution in [0.4, 0.5) is 10.6 Å². The van der Waals surface area contributed by atoms with Crippen molar-refractivity contribution in [2.75, 3.05) is 18.5 Å². The van der Waals surface area contributed by atoms with Crippen LogP contribution in [0.5, 0.6) is 0 Å². The fraction of sp³-hybridized carbons (Fsp3) is 0.450. The number of imidazole rings is 1. The lowest BCUT2D eigenvalue weighted by molar-refractivity contribution is 0.228. The molecule has 2 aliphatic heterocycles. The SMILES string of the molecule is CN1C(=O)N2C[C@@H](Cc3ccccc3)N=C2c2[nH]c(C3CCCC3)nc21. The molecule has 0 radical (unpaired) electrons. The van der Waals surface area contributed by atoms with E-state index in [-0.39, 0.29) is 12.1 Å². The van der Waals surface area contributed by atoms with Gasteiger partial charge in [-0.1, -0.05) is 43.2 Å². The molecular formula is C20H23N5O. The van der Waals surface area contributed by atoms with E-state index in [1.165, 1.54) is 31.2 Å². The molecule has 3 heterocycles. The van der Waals surface area contributed by atoms with E-state index >= 15 is 0 Å². The maximum atomic E-state index is 12.8. The smallest absolute Gasteiger partial charge is 0.331 e. The second-order valence-corrected chi connectivity index (χ2v) is 7.55. The van der Waals surface area contributed by atoms with Crippen molar-refractivity contribution in [1.29, 1.82) is 0 Å². The lowest BCUT2D eigenvalue weighted by atomic mass is 10.1. The Hall–Kier alpha value is -2.63. The molecule has 1 aliphatic carbocycles. The summed E-state index contributed by atoms with van der Waals surface area (Å²) in [5.74, 6) is 3.00. The molecule has 6 nitrogen and oxygen atoms in total. The highest BCUT2D eigenvalue weighted by molar-refractivity contribution is 6.18. The van der Waals surface area contributed by atoms with Crippen LogP contribution < -0.4 is 4.90 Å². The van der Waals surface area contributed by atoms with E-state index in [0.29, 0.717) is 12.5 Å². The maximum Gasteiger partial charge on any atom is 0.331 e. The Morgan fingerprint density at radius 2 is 1.96 bits per heavy atom. The molecule has 3 aliphatic rings. The third kappa shape index (κ3) is 2.43. The van der Waals surface area contributed by atoms with Crippen molar-refractivity contribution in [2.24, 2.45) is 4.99 Å². The molecule has 134 valence electrons. The Morgan fingerprint density at radius 1 is 1.19 bits per heavy atom. The molecule has 5 rings (SSSR count). The Bertz CT molecular complexity index is 866. The van der Waals surface area contributed by atoms with Crippen LogP contribution in [0.3, 0.4) is 0 Å². The van der Waals surface area contributed by atoms with Crippen LogP contribution in [-0.2, 0) is 6.42 Å². The molecule has 1 N–H and O–H groups in total. The van der Waals surface area contributed by atoms with E-state index in [4.69, 9.17) is 9.98 Å². The number of hydrogen-bond donors (Lipinski definition) is 1. The van der Waals surface area contributed by atoms with Crippen LogP contribution in [0.1, 0.15) is 48.7 Å². The van der Waals surface area contributed by atoms with Gasteiger partial charge in [-0.15, -0.1) is 0 Å². The zero-order valence-corrected chi connectivity index (χ0v) is 15.0. The highest BCUT2D eigenvalue weighted by Gasteiger charge is 2.41. The van der Waals surface area contributed by atoms with Crippen LogP contribution in [0, 0.1) is 0 Å². The average molecular weight is 349 g/mol. The van der Waals surface area contributed by atoms with Crippen molar-refractivity contribution in [3.8, 4) is 0 Å². The standard InChI is InChI=1S/C20H23N5O/c1-24-18-16(22-17(23-18)14-9-5-6-10-14)19-21-15(12-25(19)20(24)26)11-13-7-3-2-4-8-13/h2-4,7-8,14-15H,5-6,9-12H2,1H3,(H,22,23)/t15-/m1/s1. The number of hydrogen-bond acceptors (Lipinski definition) is 3. The minimum atomic E-state index is -0.0312. The fourth-order valence-electron chi connectivity index (χ4n) is 4.39. The number of nitrogens with zero attached hydrogens (tertiary/aromatic N) is 4. The van der Waals surface area contributed by atoms with Crippen molar-refractivity contribution in [3.63, 3.8) is 0 Å². The van der Waals surface area contributed by atoms with Gasteiger partial charge in [-0.25, -0.2) is 9.78 Å². The monoisotopic (exact) mass is 349 g/mol. The first-order valence-corrected chi connectivity index (χ1v) is 9.48. The van der Waals surface area contributed by atoms with Gasteiger partial charge >= 0.3 is 6.03 Å². The van der Waals surface area contributed by atoms with Gasteiger partial charge in [0.05, 0.1) is 12.6 Å². The quantitative estimate of drug-likeness (QED) is 0.924. The zero-order chi connectivity index (χ0) is 17.7. The number of carbonyl (C=O) groups excluding carboxylic acids is 1. The normalized spacial score (nSPS) is 22.6. The molecule has 26 heavy (non-hydrogen) atoms. The summed E-state index contributed by atoms with van der Waals surface area (Å²) in [6.45, 7) is 0.630. The topological polar surface area (TPSA) is 64.6 Å². The lowest BCUT2D eigenvalue weighted by Gasteiger charge is -2.29. The molecule has 0 bridgehead atoms. The number of H-pyrrole nitrogens is 1. The van der Waals surface area contributed by atoms with E-state index in [1.54, 1.807) is 9.80 Å². The van der Waals surface area contributed by atoms with Crippen LogP contribution in [0.2, 0.25) is 0 Å². The van der Waals surface area contributed by atoms with Crippen LogP contribution in [0.25, 0.3) is 0 Å². The summed E-state index contributed by atoms with van der Waals surface area (Å²) in [7, 11) is 1.81. The number of anilines is 1. The number of amidine groups is 1. The van der Waals surface area contributed by atoms with Crippen molar-refractivity contribution in [1.82, 2.24) is 14.9 Å². The van der Waals surface area contributed by atoms with Gasteiger partial charge in [0.1, 0.15) is 11.5 Å². The van der Waals surface area contributed by atoms with E-state index < -0.39 is 0 Å². The van der Waals surface area contributed by atoms with Crippen molar-refractivity contribution in [3.05, 3.63) is 47.4 Å². The lowest BCUT2D eigenvalue weighted by Crippen LogP contribution is -2.48. The summed E-state index contributed by atoms with van der Waals surface area (Å²) < 4.78 is 0. The minimum Gasteiger partial charge on any atom is -0.337 e. The molecule has 0 saturated heterocycles. The van der Waals surface area contributed by atoms with Crippen molar-refractivity contribution in [2.45, 2.75) is 44.1 Å². The van der Waals surface area contributed by atoms with E-state index in [1.807, 2.05) is 25.2 Å². The number of aliphatic imine (C=N–C) groups is 1. The summed E-state index contributed by atoms with van der Waals surface area (Å²) in [5, 5.41) is 0. The molecule has 0 spiro atoms. The first-order valence-electron chi connectivity index (χ1n) is 9.48. The first-order chi connectivity index (χ1) is 12.7. The molecule has 2 aromatic rings. The fourth-order valence-corrected chi connectivity index (χ4v) is 4.39. The predicted octanol–water partition coefficient (Wildman–Crippen LogP) is 3.31. The molecule has 1 atom stereocenters. The molecule has 0 unspecified atom stereocenters. The second-order valence-electron chi connectivity index (χ2n) is 7.55. The minimum absolute atomic E-state index is 0.0312. The van der Waals surface area contributed by atoms with Gasteiger partial charge in [-0.2, -0.15) is 0 Å². The van der Waals surface area contributed by atoms with Gasteiger partial charge in [-0.05, 0) is 24.8 Å². The molecule has 1 fully saturated rings. The predicted molar refractivity (Wildman–Crippen MR) is 101 cm³/mol. The van der Waals surface area contributed by atoms with Crippen LogP contribution in [0.15, 0.2) is 35.3 Å². The number of carbonyl (C=O) groups is 1. The second kappa shape index (κ2) is 5.97. The molecule has 6 heteroatoms. The molecule has 1 saturated carbocycles. The van der Waals surface area contributed by atoms with Gasteiger partial charge < -0.3 is 4.98 Å². The zero-order valence-electron chi connectivity index (χ0n) is 15.0. The summed E-state index contributed by atoms with van der Waals surface area (Å²) in [4.78, 5) is 29.5. The summed E-state index contributed by atoms with van der Waals surface area (Å²) in [6, 6.07) is 10.4. The number of rotatable bonds is 3. The van der Waals surface area contributed by atoms with Gasteiger partial charge in [0.25, 0.3) is 0 Å². The Balaban J connectivity index is 1.48. The average Bonchev–Trinajstić information content (AvgIpc) is 3.38. The number of urea groups is 1. The molecule has 1 aromatic heterocycles. The highest BCUT2D eigenvalue weighted by atomic mass is 16.2. The summed E-state index contributed by atoms with van der Waals surface area (Å²) >= 11 is 0. The van der Waals surface area contributed by atoms with E-state index in [0.717, 1.165) is 29.6 Å². The number of nitrogens with one attached hydrogen (secondary N) is 1. The maximum absolute atomic E-state index is 12.8.